The van der Waals surface area contributed by atoms with E-state index in [0.717, 1.165) is 0 Å². The molecule has 0 spiro atoms. The first-order valence-electron chi connectivity index (χ1n) is 3.41. The molecular weight excluding hydrogens is 112 g/mol. The van der Waals surface area contributed by atoms with Crippen molar-refractivity contribution in [1.82, 2.24) is 0 Å². The summed E-state index contributed by atoms with van der Waals surface area (Å²) in [5.74, 6) is 0.405. The molecule has 0 aromatic rings. The molecule has 0 amide bonds. The average Bonchev–Trinajstić information content (AvgIpc) is 2.19. The lowest BCUT2D eigenvalue weighted by molar-refractivity contribution is 0.232. The summed E-state index contributed by atoms with van der Waals surface area (Å²) in [4.78, 5) is 0. The van der Waals surface area contributed by atoms with Crippen LogP contribution in [0, 0.1) is 11.3 Å². The average molecular weight is 126 g/mol. The minimum Gasteiger partial charge on any atom is -0.392 e. The predicted molar refractivity (Wildman–Crippen MR) is 38.1 cm³/mol. The molecule has 0 aromatic heterocycles. The summed E-state index contributed by atoms with van der Waals surface area (Å²) < 4.78 is 0. The Balaban J connectivity index is 2.52. The maximum absolute atomic E-state index is 9.23. The maximum atomic E-state index is 9.23. The van der Waals surface area contributed by atoms with Crippen molar-refractivity contribution in [2.75, 3.05) is 0 Å². The molecule has 0 unspecified atom stereocenters. The molecule has 1 aliphatic carbocycles. The van der Waals surface area contributed by atoms with Crippen molar-refractivity contribution in [3.05, 3.63) is 12.2 Å². The third kappa shape index (κ3) is 0.897. The summed E-state index contributed by atoms with van der Waals surface area (Å²) in [6.07, 6.45) is 3.97. The normalized spacial score (nSPS) is 39.6. The third-order valence-corrected chi connectivity index (χ3v) is 2.25. The third-order valence-electron chi connectivity index (χ3n) is 2.25. The van der Waals surface area contributed by atoms with Crippen molar-refractivity contribution in [2.24, 2.45) is 11.3 Å². The van der Waals surface area contributed by atoms with Crippen LogP contribution in [0.5, 0.6) is 0 Å². The molecule has 1 saturated carbocycles. The largest absolute Gasteiger partial charge is 0.392 e. The zero-order valence-electron chi connectivity index (χ0n) is 6.26. The van der Waals surface area contributed by atoms with E-state index in [1.165, 1.54) is 0 Å². The second kappa shape index (κ2) is 1.84. The molecule has 1 fully saturated rings. The Bertz CT molecular complexity index is 136. The van der Waals surface area contributed by atoms with Crippen molar-refractivity contribution in [2.45, 2.75) is 26.9 Å². The van der Waals surface area contributed by atoms with Gasteiger partial charge in [-0.15, -0.1) is 0 Å². The van der Waals surface area contributed by atoms with Crippen LogP contribution in [0.25, 0.3) is 0 Å². The molecule has 0 heterocycles. The second-order valence-electron chi connectivity index (χ2n) is 3.32. The van der Waals surface area contributed by atoms with E-state index in [1.807, 2.05) is 13.0 Å². The monoisotopic (exact) mass is 126 g/mol. The molecule has 0 saturated heterocycles. The van der Waals surface area contributed by atoms with Gasteiger partial charge in [0.1, 0.15) is 0 Å². The maximum Gasteiger partial charge on any atom is 0.0666 e. The first kappa shape index (κ1) is 6.81. The van der Waals surface area contributed by atoms with Crippen LogP contribution in [0.4, 0.5) is 0 Å². The van der Waals surface area contributed by atoms with Crippen molar-refractivity contribution in [1.29, 1.82) is 0 Å². The Morgan fingerprint density at radius 1 is 1.44 bits per heavy atom. The van der Waals surface area contributed by atoms with Crippen molar-refractivity contribution < 1.29 is 5.11 Å². The van der Waals surface area contributed by atoms with Crippen LogP contribution in [0.15, 0.2) is 12.2 Å². The molecule has 1 nitrogen and oxygen atoms in total. The fourth-order valence-electron chi connectivity index (χ4n) is 1.21. The molecule has 0 aliphatic heterocycles. The summed E-state index contributed by atoms with van der Waals surface area (Å²) in [7, 11) is 0. The smallest absolute Gasteiger partial charge is 0.0666 e. The second-order valence-corrected chi connectivity index (χ2v) is 3.32. The predicted octanol–water partition coefficient (Wildman–Crippen LogP) is 1.58. The van der Waals surface area contributed by atoms with Crippen molar-refractivity contribution in [3.63, 3.8) is 0 Å². The lowest BCUT2D eigenvalue weighted by Gasteiger charge is -1.93. The van der Waals surface area contributed by atoms with Gasteiger partial charge in [-0.25, -0.2) is 0 Å². The van der Waals surface area contributed by atoms with Gasteiger partial charge in [0, 0.05) is 11.3 Å². The number of rotatable bonds is 1. The van der Waals surface area contributed by atoms with E-state index in [0.29, 0.717) is 5.92 Å². The van der Waals surface area contributed by atoms with E-state index < -0.39 is 0 Å². The van der Waals surface area contributed by atoms with E-state index >= 15 is 0 Å². The number of hydrogen-bond acceptors (Lipinski definition) is 1. The van der Waals surface area contributed by atoms with Gasteiger partial charge in [-0.05, 0) is 6.92 Å². The fourth-order valence-corrected chi connectivity index (χ4v) is 1.21. The van der Waals surface area contributed by atoms with E-state index in [2.05, 4.69) is 19.9 Å². The van der Waals surface area contributed by atoms with Crippen LogP contribution in [-0.2, 0) is 0 Å². The zero-order valence-corrected chi connectivity index (χ0v) is 6.26. The standard InChI is InChI=1S/C8H14O/c1-4-5-6-7(9)8(6,2)3/h4-7,9H,1-3H3/t6-,7-/m0/s1. The molecule has 0 bridgehead atoms. The highest BCUT2D eigenvalue weighted by Gasteiger charge is 2.55. The highest BCUT2D eigenvalue weighted by molar-refractivity contribution is 5.14. The van der Waals surface area contributed by atoms with Gasteiger partial charge < -0.3 is 5.11 Å². The first-order chi connectivity index (χ1) is 4.10. The topological polar surface area (TPSA) is 20.2 Å². The molecule has 1 rings (SSSR count). The summed E-state index contributed by atoms with van der Waals surface area (Å²) >= 11 is 0. The lowest BCUT2D eigenvalue weighted by Crippen LogP contribution is -1.91. The minimum atomic E-state index is -0.103. The number of aliphatic hydroxyl groups excluding tert-OH is 1. The van der Waals surface area contributed by atoms with Gasteiger partial charge in [-0.1, -0.05) is 26.0 Å². The Kier molecular flexibility index (Phi) is 1.39. The highest BCUT2D eigenvalue weighted by Crippen LogP contribution is 2.52. The molecule has 1 aliphatic rings. The zero-order chi connectivity index (χ0) is 7.07. The van der Waals surface area contributed by atoms with Crippen molar-refractivity contribution >= 4 is 0 Å². The molecule has 52 valence electrons. The van der Waals surface area contributed by atoms with Gasteiger partial charge in [0.05, 0.1) is 6.10 Å². The highest BCUT2D eigenvalue weighted by atomic mass is 16.3. The van der Waals surface area contributed by atoms with Crippen LogP contribution in [0.3, 0.4) is 0 Å². The Labute approximate surface area is 56.4 Å². The van der Waals surface area contributed by atoms with Crippen molar-refractivity contribution in [3.8, 4) is 0 Å². The molecule has 1 heteroatoms. The number of aliphatic hydroxyl groups is 1. The van der Waals surface area contributed by atoms with E-state index in [1.54, 1.807) is 0 Å². The van der Waals surface area contributed by atoms with Gasteiger partial charge in [-0.3, -0.25) is 0 Å². The lowest BCUT2D eigenvalue weighted by atomic mass is 10.1. The Hall–Kier alpha value is -0.300. The summed E-state index contributed by atoms with van der Waals surface area (Å²) in [5.41, 5.74) is 0.145. The van der Waals surface area contributed by atoms with Crippen LogP contribution in [0.2, 0.25) is 0 Å². The van der Waals surface area contributed by atoms with E-state index in [9.17, 15) is 5.11 Å². The Morgan fingerprint density at radius 2 is 1.89 bits per heavy atom. The van der Waals surface area contributed by atoms with Gasteiger partial charge >= 0.3 is 0 Å². The van der Waals surface area contributed by atoms with Gasteiger partial charge in [0.2, 0.25) is 0 Å². The quantitative estimate of drug-likeness (QED) is 0.529. The van der Waals surface area contributed by atoms with Crippen LogP contribution >= 0.6 is 0 Å². The molecule has 0 aromatic carbocycles. The minimum absolute atomic E-state index is 0.103. The SMILES string of the molecule is CC=C[C@H]1[C@H](O)C1(C)C. The number of hydrogen-bond donors (Lipinski definition) is 1. The molecular formula is C8H14O. The summed E-state index contributed by atoms with van der Waals surface area (Å²) in [6.45, 7) is 6.16. The summed E-state index contributed by atoms with van der Waals surface area (Å²) in [5, 5.41) is 9.23. The fraction of sp³-hybridized carbons (Fsp3) is 0.750. The first-order valence-corrected chi connectivity index (χ1v) is 3.41. The van der Waals surface area contributed by atoms with E-state index in [4.69, 9.17) is 0 Å². The molecule has 9 heavy (non-hydrogen) atoms. The summed E-state index contributed by atoms with van der Waals surface area (Å²) in [6, 6.07) is 0. The van der Waals surface area contributed by atoms with Crippen LogP contribution in [0.1, 0.15) is 20.8 Å². The van der Waals surface area contributed by atoms with E-state index in [-0.39, 0.29) is 11.5 Å². The van der Waals surface area contributed by atoms with Crippen LogP contribution < -0.4 is 0 Å². The number of allylic oxidation sites excluding steroid dienone is 1. The Morgan fingerprint density at radius 3 is 2.00 bits per heavy atom. The molecule has 2 atom stereocenters. The van der Waals surface area contributed by atoms with Crippen LogP contribution in [-0.4, -0.2) is 11.2 Å². The van der Waals surface area contributed by atoms with Gasteiger partial charge in [0.15, 0.2) is 0 Å². The van der Waals surface area contributed by atoms with Gasteiger partial charge in [0.25, 0.3) is 0 Å². The van der Waals surface area contributed by atoms with Gasteiger partial charge in [-0.2, -0.15) is 0 Å². The molecule has 0 radical (unpaired) electrons. The molecule has 1 N–H and O–H groups in total.